The van der Waals surface area contributed by atoms with Crippen molar-refractivity contribution in [3.05, 3.63) is 113 Å². The van der Waals surface area contributed by atoms with E-state index in [-0.39, 0.29) is 18.1 Å². The quantitative estimate of drug-likeness (QED) is 0.352. The van der Waals surface area contributed by atoms with Gasteiger partial charge in [-0.2, -0.15) is 0 Å². The van der Waals surface area contributed by atoms with E-state index in [9.17, 15) is 9.90 Å². The van der Waals surface area contributed by atoms with Crippen LogP contribution in [0.1, 0.15) is 57.9 Å². The van der Waals surface area contributed by atoms with Gasteiger partial charge in [-0.25, -0.2) is 4.79 Å². The Kier molecular flexibility index (Phi) is 6.08. The van der Waals surface area contributed by atoms with Gasteiger partial charge in [-0.05, 0) is 65.9 Å². The molecule has 34 heavy (non-hydrogen) atoms. The Morgan fingerprint density at radius 1 is 1.00 bits per heavy atom. The molecular weight excluding hydrogens is 422 g/mol. The van der Waals surface area contributed by atoms with E-state index in [1.807, 2.05) is 31.2 Å². The molecule has 4 aromatic carbocycles. The van der Waals surface area contributed by atoms with E-state index in [1.165, 1.54) is 16.3 Å². The summed E-state index contributed by atoms with van der Waals surface area (Å²) in [6.45, 7) is 4.92. The van der Waals surface area contributed by atoms with Crippen LogP contribution < -0.4 is 10.1 Å². The van der Waals surface area contributed by atoms with Gasteiger partial charge in [0.2, 0.25) is 0 Å². The smallest absolute Gasteiger partial charge is 0.335 e. The Balaban J connectivity index is 1.38. The highest BCUT2D eigenvalue weighted by Gasteiger charge is 2.30. The second kappa shape index (κ2) is 9.32. The van der Waals surface area contributed by atoms with Crippen molar-refractivity contribution in [3.8, 4) is 5.75 Å². The van der Waals surface area contributed by atoms with Crippen molar-refractivity contribution >= 4 is 16.7 Å². The van der Waals surface area contributed by atoms with Crippen LogP contribution in [0.4, 0.5) is 0 Å². The number of carboxylic acids is 1. The summed E-state index contributed by atoms with van der Waals surface area (Å²) >= 11 is 0. The van der Waals surface area contributed by atoms with E-state index in [4.69, 9.17) is 4.74 Å². The third-order valence-electron chi connectivity index (χ3n) is 6.92. The van der Waals surface area contributed by atoms with Gasteiger partial charge in [0.05, 0.1) is 5.56 Å². The van der Waals surface area contributed by atoms with Gasteiger partial charge in [-0.15, -0.1) is 0 Å². The molecule has 1 aliphatic heterocycles. The number of ether oxygens (including phenoxy) is 1. The zero-order valence-corrected chi connectivity index (χ0v) is 19.5. The molecule has 2 N–H and O–H groups in total. The third kappa shape index (κ3) is 4.29. The lowest BCUT2D eigenvalue weighted by atomic mass is 9.82. The van der Waals surface area contributed by atoms with E-state index in [0.717, 1.165) is 35.4 Å². The molecule has 3 atom stereocenters. The van der Waals surface area contributed by atoms with Crippen LogP contribution in [0.2, 0.25) is 0 Å². The van der Waals surface area contributed by atoms with Crippen molar-refractivity contribution in [2.24, 2.45) is 0 Å². The van der Waals surface area contributed by atoms with Crippen molar-refractivity contribution in [1.82, 2.24) is 5.32 Å². The van der Waals surface area contributed by atoms with Gasteiger partial charge in [0.1, 0.15) is 11.9 Å². The SMILES string of the molecule is Cc1cc(C(=O)O)ccc1[C@@H]1C[C@H](CN[C@H](C)c2cccc3ccccc23)Oc2ccccc21. The van der Waals surface area contributed by atoms with Crippen molar-refractivity contribution in [2.45, 2.75) is 38.3 Å². The molecule has 1 heterocycles. The van der Waals surface area contributed by atoms with Crippen LogP contribution in [-0.4, -0.2) is 23.7 Å². The van der Waals surface area contributed by atoms with Crippen LogP contribution in [0.3, 0.4) is 0 Å². The normalized spacial score (nSPS) is 18.2. The van der Waals surface area contributed by atoms with E-state index < -0.39 is 5.97 Å². The molecule has 4 heteroatoms. The molecule has 0 amide bonds. The molecule has 1 aliphatic rings. The van der Waals surface area contributed by atoms with Crippen molar-refractivity contribution in [2.75, 3.05) is 6.54 Å². The van der Waals surface area contributed by atoms with Gasteiger partial charge < -0.3 is 15.2 Å². The number of nitrogens with one attached hydrogen (secondary N) is 1. The molecule has 0 fully saturated rings. The average molecular weight is 452 g/mol. The van der Waals surface area contributed by atoms with E-state index >= 15 is 0 Å². The lowest BCUT2D eigenvalue weighted by Gasteiger charge is -2.34. The van der Waals surface area contributed by atoms with Crippen LogP contribution in [0.25, 0.3) is 10.8 Å². The van der Waals surface area contributed by atoms with Gasteiger partial charge in [0.15, 0.2) is 0 Å². The molecule has 0 radical (unpaired) electrons. The van der Waals surface area contributed by atoms with Crippen molar-refractivity contribution in [1.29, 1.82) is 0 Å². The Labute approximate surface area is 200 Å². The molecule has 0 aromatic heterocycles. The van der Waals surface area contributed by atoms with Crippen LogP contribution in [-0.2, 0) is 0 Å². The van der Waals surface area contributed by atoms with Gasteiger partial charge >= 0.3 is 5.97 Å². The molecule has 0 saturated carbocycles. The number of hydrogen-bond acceptors (Lipinski definition) is 3. The van der Waals surface area contributed by atoms with Crippen LogP contribution in [0.15, 0.2) is 84.9 Å². The first-order valence-corrected chi connectivity index (χ1v) is 11.8. The first-order chi connectivity index (χ1) is 16.5. The van der Waals surface area contributed by atoms with E-state index in [1.54, 1.807) is 12.1 Å². The summed E-state index contributed by atoms with van der Waals surface area (Å²) < 4.78 is 6.40. The van der Waals surface area contributed by atoms with Crippen LogP contribution >= 0.6 is 0 Å². The highest BCUT2D eigenvalue weighted by Crippen LogP contribution is 2.41. The maximum Gasteiger partial charge on any atom is 0.335 e. The fourth-order valence-electron chi connectivity index (χ4n) is 5.16. The number of hydrogen-bond donors (Lipinski definition) is 2. The first-order valence-electron chi connectivity index (χ1n) is 11.8. The predicted molar refractivity (Wildman–Crippen MR) is 136 cm³/mol. The summed E-state index contributed by atoms with van der Waals surface area (Å²) in [7, 11) is 0. The number of carboxylic acid groups (broad SMARTS) is 1. The minimum atomic E-state index is -0.897. The summed E-state index contributed by atoms with van der Waals surface area (Å²) in [4.78, 5) is 11.4. The number of fused-ring (bicyclic) bond motifs is 2. The minimum Gasteiger partial charge on any atom is -0.489 e. The van der Waals surface area contributed by atoms with Crippen molar-refractivity contribution < 1.29 is 14.6 Å². The number of aryl methyl sites for hydroxylation is 1. The predicted octanol–water partition coefficient (Wildman–Crippen LogP) is 6.48. The Bertz CT molecular complexity index is 1340. The highest BCUT2D eigenvalue weighted by molar-refractivity contribution is 5.88. The van der Waals surface area contributed by atoms with Gasteiger partial charge in [-0.3, -0.25) is 0 Å². The number of carbonyl (C=O) groups is 1. The highest BCUT2D eigenvalue weighted by atomic mass is 16.5. The van der Waals surface area contributed by atoms with Gasteiger partial charge in [-0.1, -0.05) is 66.7 Å². The monoisotopic (exact) mass is 451 g/mol. The summed E-state index contributed by atoms with van der Waals surface area (Å²) in [5, 5.41) is 15.6. The second-order valence-electron chi connectivity index (χ2n) is 9.14. The number of aromatic carboxylic acids is 1. The fourth-order valence-corrected chi connectivity index (χ4v) is 5.16. The molecule has 0 saturated heterocycles. The van der Waals surface area contributed by atoms with Crippen LogP contribution in [0, 0.1) is 6.92 Å². The number of rotatable bonds is 6. The molecule has 4 aromatic rings. The molecular formula is C30H29NO3. The molecule has 0 bridgehead atoms. The molecule has 0 aliphatic carbocycles. The maximum absolute atomic E-state index is 11.4. The maximum atomic E-state index is 11.4. The van der Waals surface area contributed by atoms with Crippen LogP contribution in [0.5, 0.6) is 5.75 Å². The average Bonchev–Trinajstić information content (AvgIpc) is 2.86. The number of benzene rings is 4. The standard InChI is InChI=1S/C30H29NO3/c1-19-16-22(30(32)33)14-15-24(19)28-17-23(34-29-13-6-5-11-27(28)29)18-31-20(2)25-12-7-9-21-8-3-4-10-26(21)25/h3-16,20,23,28,31H,17-18H2,1-2H3,(H,32,33)/t20-,23-,28+/m1/s1. The van der Waals surface area contributed by atoms with Gasteiger partial charge in [0.25, 0.3) is 0 Å². The lowest BCUT2D eigenvalue weighted by molar-refractivity contribution is 0.0696. The summed E-state index contributed by atoms with van der Waals surface area (Å²) in [5.41, 5.74) is 4.92. The minimum absolute atomic E-state index is 0.0101. The zero-order chi connectivity index (χ0) is 23.7. The van der Waals surface area contributed by atoms with Crippen molar-refractivity contribution in [3.63, 3.8) is 0 Å². The van der Waals surface area contributed by atoms with E-state index in [2.05, 4.69) is 60.8 Å². The largest absolute Gasteiger partial charge is 0.489 e. The molecule has 5 rings (SSSR count). The number of para-hydroxylation sites is 1. The van der Waals surface area contributed by atoms with Gasteiger partial charge in [0, 0.05) is 24.1 Å². The zero-order valence-electron chi connectivity index (χ0n) is 19.5. The topological polar surface area (TPSA) is 58.6 Å². The first kappa shape index (κ1) is 22.2. The third-order valence-corrected chi connectivity index (χ3v) is 6.92. The Hall–Kier alpha value is -3.63. The Morgan fingerprint density at radius 3 is 2.59 bits per heavy atom. The Morgan fingerprint density at radius 2 is 1.76 bits per heavy atom. The molecule has 0 spiro atoms. The molecule has 0 unspecified atom stereocenters. The fraction of sp³-hybridized carbons (Fsp3) is 0.233. The molecule has 172 valence electrons. The van der Waals surface area contributed by atoms with E-state index in [0.29, 0.717) is 5.56 Å². The molecule has 4 nitrogen and oxygen atoms in total. The summed E-state index contributed by atoms with van der Waals surface area (Å²) in [6, 6.07) is 28.8. The summed E-state index contributed by atoms with van der Waals surface area (Å²) in [6.07, 6.45) is 0.843. The second-order valence-corrected chi connectivity index (χ2v) is 9.14. The lowest BCUT2D eigenvalue weighted by Crippen LogP contribution is -2.37. The summed E-state index contributed by atoms with van der Waals surface area (Å²) in [5.74, 6) is 0.170.